The van der Waals surface area contributed by atoms with Gasteiger partial charge in [-0.1, -0.05) is 65.7 Å². The Kier molecular flexibility index (Phi) is 9.18. The zero-order valence-electron chi connectivity index (χ0n) is 19.9. The highest BCUT2D eigenvalue weighted by Crippen LogP contribution is 2.28. The molecule has 188 valence electrons. The lowest BCUT2D eigenvalue weighted by Crippen LogP contribution is -2.23. The van der Waals surface area contributed by atoms with E-state index in [2.05, 4.69) is 5.32 Å². The van der Waals surface area contributed by atoms with E-state index in [0.717, 1.165) is 30.4 Å². The quantitative estimate of drug-likeness (QED) is 0.129. The van der Waals surface area contributed by atoms with Crippen LogP contribution in [0.3, 0.4) is 0 Å². The molecule has 4 aromatic rings. The lowest BCUT2D eigenvalue weighted by atomic mass is 10.1. The number of nitrogens with one attached hydrogen (secondary N) is 1. The van der Waals surface area contributed by atoms with Crippen molar-refractivity contribution >= 4 is 50.8 Å². The maximum atomic E-state index is 13.4. The second kappa shape index (κ2) is 12.5. The molecule has 0 atom stereocenters. The minimum atomic E-state index is -0.382. The van der Waals surface area contributed by atoms with Gasteiger partial charge in [0, 0.05) is 30.3 Å². The average molecular weight is 544 g/mol. The number of fused-ring (bicyclic) bond motifs is 1. The highest BCUT2D eigenvalue weighted by Gasteiger charge is 2.14. The van der Waals surface area contributed by atoms with Gasteiger partial charge in [-0.2, -0.15) is 0 Å². The van der Waals surface area contributed by atoms with Gasteiger partial charge in [0.2, 0.25) is 5.91 Å². The topological polar surface area (TPSA) is 64.0 Å². The van der Waals surface area contributed by atoms with Crippen LogP contribution in [0.1, 0.15) is 42.4 Å². The zero-order valence-corrected chi connectivity index (χ0v) is 22.3. The highest BCUT2D eigenvalue weighted by atomic mass is 35.5. The smallest absolute Gasteiger partial charge is 0.272 e. The largest absolute Gasteiger partial charge is 0.352 e. The number of nitrogens with zero attached hydrogens (tertiary/aromatic N) is 2. The van der Waals surface area contributed by atoms with E-state index in [9.17, 15) is 14.0 Å². The predicted octanol–water partition coefficient (Wildman–Crippen LogP) is 6.73. The number of thiophene rings is 1. The molecule has 5 nitrogen and oxygen atoms in total. The molecule has 0 aliphatic heterocycles. The van der Waals surface area contributed by atoms with E-state index in [1.54, 1.807) is 10.6 Å². The Bertz CT molecular complexity index is 1400. The van der Waals surface area contributed by atoms with Gasteiger partial charge in [0.15, 0.2) is 5.16 Å². The summed E-state index contributed by atoms with van der Waals surface area (Å²) in [7, 11) is 0. The Hall–Kier alpha value is -2.68. The molecule has 4 rings (SSSR count). The predicted molar refractivity (Wildman–Crippen MR) is 146 cm³/mol. The van der Waals surface area contributed by atoms with E-state index >= 15 is 0 Å². The first-order valence-corrected chi connectivity index (χ1v) is 14.0. The number of hydrogen-bond donors (Lipinski definition) is 1. The monoisotopic (exact) mass is 543 g/mol. The summed E-state index contributed by atoms with van der Waals surface area (Å²) in [5.41, 5.74) is 3.68. The molecule has 0 fully saturated rings. The van der Waals surface area contributed by atoms with Gasteiger partial charge in [-0.05, 0) is 54.5 Å². The van der Waals surface area contributed by atoms with Crippen LogP contribution >= 0.6 is 34.7 Å². The number of amides is 1. The van der Waals surface area contributed by atoms with Crippen LogP contribution in [0.25, 0.3) is 10.2 Å². The van der Waals surface area contributed by atoms with Crippen molar-refractivity contribution in [2.45, 2.75) is 56.6 Å². The fourth-order valence-corrected chi connectivity index (χ4v) is 5.86. The minimum Gasteiger partial charge on any atom is -0.352 e. The summed E-state index contributed by atoms with van der Waals surface area (Å²) in [5, 5.41) is 5.80. The van der Waals surface area contributed by atoms with Gasteiger partial charge in [-0.3, -0.25) is 14.2 Å². The normalized spacial score (nSPS) is 11.2. The number of rotatable bonds is 11. The van der Waals surface area contributed by atoms with Gasteiger partial charge >= 0.3 is 0 Å². The number of halogens is 2. The summed E-state index contributed by atoms with van der Waals surface area (Å²) in [6, 6.07) is 14.3. The van der Waals surface area contributed by atoms with Gasteiger partial charge in [-0.15, -0.1) is 11.3 Å². The fourth-order valence-electron chi connectivity index (χ4n) is 3.74. The second-order valence-electron chi connectivity index (χ2n) is 8.58. The maximum absolute atomic E-state index is 13.4. The van der Waals surface area contributed by atoms with Crippen LogP contribution in [0.15, 0.2) is 63.9 Å². The van der Waals surface area contributed by atoms with Gasteiger partial charge in [0.25, 0.3) is 5.56 Å². The molecule has 2 aromatic heterocycles. The van der Waals surface area contributed by atoms with E-state index in [1.165, 1.54) is 40.8 Å². The molecule has 0 unspecified atom stereocenters. The Morgan fingerprint density at radius 1 is 1.14 bits per heavy atom. The lowest BCUT2D eigenvalue weighted by Gasteiger charge is -2.12. The summed E-state index contributed by atoms with van der Waals surface area (Å²) in [5.74, 6) is 0.122. The molecular formula is C27H27ClFN3O2S2. The van der Waals surface area contributed by atoms with Crippen molar-refractivity contribution in [1.82, 2.24) is 14.9 Å². The molecule has 0 radical (unpaired) electrons. The molecule has 0 aliphatic rings. The molecule has 0 saturated carbocycles. The van der Waals surface area contributed by atoms with Gasteiger partial charge in [0.1, 0.15) is 10.5 Å². The Balaban J connectivity index is 1.31. The van der Waals surface area contributed by atoms with Crippen molar-refractivity contribution in [2.24, 2.45) is 0 Å². The third-order valence-electron chi connectivity index (χ3n) is 5.80. The van der Waals surface area contributed by atoms with E-state index in [4.69, 9.17) is 16.6 Å². The van der Waals surface area contributed by atoms with Crippen LogP contribution in [0.4, 0.5) is 4.39 Å². The Morgan fingerprint density at radius 2 is 1.94 bits per heavy atom. The van der Waals surface area contributed by atoms with Crippen LogP contribution in [0.2, 0.25) is 5.02 Å². The molecule has 9 heteroatoms. The Labute approximate surface area is 222 Å². The summed E-state index contributed by atoms with van der Waals surface area (Å²) in [6.07, 6.45) is 2.78. The zero-order chi connectivity index (χ0) is 25.5. The first-order valence-electron chi connectivity index (χ1n) is 11.8. The fraction of sp³-hybridized carbons (Fsp3) is 0.296. The third-order valence-corrected chi connectivity index (χ3v) is 8.07. The molecule has 36 heavy (non-hydrogen) atoms. The molecule has 0 bridgehead atoms. The van der Waals surface area contributed by atoms with Crippen molar-refractivity contribution in [2.75, 3.05) is 0 Å². The number of unbranched alkanes of at least 4 members (excludes halogenated alkanes) is 2. The van der Waals surface area contributed by atoms with Gasteiger partial charge < -0.3 is 5.32 Å². The summed E-state index contributed by atoms with van der Waals surface area (Å²) < 4.78 is 15.7. The second-order valence-corrected chi connectivity index (χ2v) is 10.8. The first kappa shape index (κ1) is 26.4. The number of carbonyl (C=O) groups excluding carboxylic acids is 1. The molecule has 0 saturated heterocycles. The number of benzene rings is 2. The first-order chi connectivity index (χ1) is 17.4. The lowest BCUT2D eigenvalue weighted by molar-refractivity contribution is -0.121. The van der Waals surface area contributed by atoms with Crippen molar-refractivity contribution in [3.63, 3.8) is 0 Å². The van der Waals surface area contributed by atoms with E-state index in [1.807, 2.05) is 42.6 Å². The molecular weight excluding hydrogens is 517 g/mol. The Morgan fingerprint density at radius 3 is 2.72 bits per heavy atom. The maximum Gasteiger partial charge on any atom is 0.272 e. The average Bonchev–Trinajstić information content (AvgIpc) is 3.33. The molecule has 2 heterocycles. The van der Waals surface area contributed by atoms with Gasteiger partial charge in [-0.25, -0.2) is 9.37 Å². The van der Waals surface area contributed by atoms with E-state index < -0.39 is 0 Å². The molecule has 0 aliphatic carbocycles. The SMILES string of the molecule is Cc1ccc(CNC(=O)CCCCCn2c(SCc3ccc(F)cc3Cl)nc3ccsc3c2=O)cc1. The van der Waals surface area contributed by atoms with Crippen molar-refractivity contribution in [3.05, 3.63) is 91.8 Å². The van der Waals surface area contributed by atoms with Crippen LogP contribution in [-0.2, 0) is 23.6 Å². The van der Waals surface area contributed by atoms with Gasteiger partial charge in [0.05, 0.1) is 5.52 Å². The van der Waals surface area contributed by atoms with Crippen LogP contribution < -0.4 is 10.9 Å². The minimum absolute atomic E-state index is 0.0295. The summed E-state index contributed by atoms with van der Waals surface area (Å²) in [6.45, 7) is 3.08. The number of hydrogen-bond acceptors (Lipinski definition) is 5. The molecule has 1 N–H and O–H groups in total. The highest BCUT2D eigenvalue weighted by molar-refractivity contribution is 7.98. The van der Waals surface area contributed by atoms with Crippen LogP contribution in [-0.4, -0.2) is 15.5 Å². The number of aromatic nitrogens is 2. The standard InChI is InChI=1S/C27H27ClFN3O2S2/c1-18-6-8-19(9-7-18)16-30-24(33)5-3-2-4-13-32-26(34)25-23(12-14-35-25)31-27(32)36-17-20-10-11-21(29)15-22(20)28/h6-12,14-15H,2-5,13,16-17H2,1H3,(H,30,33). The summed E-state index contributed by atoms with van der Waals surface area (Å²) in [4.78, 5) is 30.0. The van der Waals surface area contributed by atoms with Crippen LogP contribution in [0, 0.1) is 12.7 Å². The number of aryl methyl sites for hydroxylation is 1. The van der Waals surface area contributed by atoms with Crippen molar-refractivity contribution in [3.8, 4) is 0 Å². The van der Waals surface area contributed by atoms with E-state index in [0.29, 0.717) is 45.7 Å². The number of thioether (sulfide) groups is 1. The summed E-state index contributed by atoms with van der Waals surface area (Å²) >= 11 is 8.98. The molecule has 1 amide bonds. The van der Waals surface area contributed by atoms with E-state index in [-0.39, 0.29) is 17.3 Å². The van der Waals surface area contributed by atoms with Crippen molar-refractivity contribution < 1.29 is 9.18 Å². The third kappa shape index (κ3) is 6.96. The molecule has 2 aromatic carbocycles. The number of carbonyl (C=O) groups is 1. The van der Waals surface area contributed by atoms with Crippen LogP contribution in [0.5, 0.6) is 0 Å². The van der Waals surface area contributed by atoms with Crippen molar-refractivity contribution in [1.29, 1.82) is 0 Å². The molecule has 0 spiro atoms.